The van der Waals surface area contributed by atoms with E-state index < -0.39 is 6.10 Å². The molecule has 2 unspecified atom stereocenters. The Balaban J connectivity index is 1.60. The lowest BCUT2D eigenvalue weighted by atomic mass is 9.83. The Bertz CT molecular complexity index is 351. The van der Waals surface area contributed by atoms with Gasteiger partial charge < -0.3 is 15.6 Å². The maximum Gasteiger partial charge on any atom is 0.0927 e. The predicted octanol–water partition coefficient (Wildman–Crippen LogP) is 2.12. The number of ether oxygens (including phenoxy) is 1. The highest BCUT2D eigenvalue weighted by Crippen LogP contribution is 2.29. The zero-order valence-electron chi connectivity index (χ0n) is 11.5. The van der Waals surface area contributed by atoms with E-state index in [-0.39, 0.29) is 6.04 Å². The normalized spacial score (nSPS) is 18.8. The Hall–Kier alpha value is -0.900. The molecular formula is C16H25NO2. The van der Waals surface area contributed by atoms with Gasteiger partial charge in [-0.15, -0.1) is 0 Å². The summed E-state index contributed by atoms with van der Waals surface area (Å²) in [4.78, 5) is 0. The van der Waals surface area contributed by atoms with Crippen molar-refractivity contribution in [3.05, 3.63) is 35.9 Å². The molecule has 0 heterocycles. The summed E-state index contributed by atoms with van der Waals surface area (Å²) < 4.78 is 5.53. The van der Waals surface area contributed by atoms with Crippen LogP contribution in [0.3, 0.4) is 0 Å². The highest BCUT2D eigenvalue weighted by atomic mass is 16.5. The molecule has 0 saturated heterocycles. The third-order valence-electron chi connectivity index (χ3n) is 3.99. The van der Waals surface area contributed by atoms with Crippen LogP contribution < -0.4 is 5.73 Å². The highest BCUT2D eigenvalue weighted by Gasteiger charge is 2.18. The molecule has 3 heteroatoms. The zero-order valence-corrected chi connectivity index (χ0v) is 11.5. The highest BCUT2D eigenvalue weighted by molar-refractivity contribution is 5.16. The van der Waals surface area contributed by atoms with Crippen LogP contribution in [0.5, 0.6) is 0 Å². The van der Waals surface area contributed by atoms with E-state index in [9.17, 15) is 5.11 Å². The van der Waals surface area contributed by atoms with Crippen molar-refractivity contribution >= 4 is 0 Å². The van der Waals surface area contributed by atoms with Crippen LogP contribution in [-0.4, -0.2) is 30.5 Å². The molecule has 2 rings (SSSR count). The van der Waals surface area contributed by atoms with Gasteiger partial charge in [-0.1, -0.05) is 49.6 Å². The lowest BCUT2D eigenvalue weighted by molar-refractivity contribution is 0.0156. The quantitative estimate of drug-likeness (QED) is 0.706. The lowest BCUT2D eigenvalue weighted by Gasteiger charge is -2.25. The second kappa shape index (κ2) is 7.63. The molecule has 3 nitrogen and oxygen atoms in total. The van der Waals surface area contributed by atoms with Gasteiger partial charge in [-0.05, 0) is 24.3 Å². The van der Waals surface area contributed by atoms with Crippen LogP contribution in [0.2, 0.25) is 0 Å². The first-order valence-electron chi connectivity index (χ1n) is 7.31. The fraction of sp³-hybridized carbons (Fsp3) is 0.625. The van der Waals surface area contributed by atoms with Crippen molar-refractivity contribution in [2.45, 2.75) is 44.2 Å². The minimum atomic E-state index is -0.582. The molecule has 0 bridgehead atoms. The molecule has 2 atom stereocenters. The topological polar surface area (TPSA) is 55.5 Å². The molecule has 1 fully saturated rings. The van der Waals surface area contributed by atoms with Gasteiger partial charge in [-0.25, -0.2) is 0 Å². The second-order valence-corrected chi connectivity index (χ2v) is 5.58. The van der Waals surface area contributed by atoms with E-state index in [0.29, 0.717) is 13.0 Å². The average Bonchev–Trinajstić information content (AvgIpc) is 2.37. The minimum Gasteiger partial charge on any atom is -0.389 e. The first kappa shape index (κ1) is 14.5. The number of aliphatic hydroxyl groups excluding tert-OH is 1. The lowest BCUT2D eigenvalue weighted by Crippen LogP contribution is -2.39. The van der Waals surface area contributed by atoms with E-state index >= 15 is 0 Å². The Labute approximate surface area is 115 Å². The van der Waals surface area contributed by atoms with Crippen LogP contribution in [0.25, 0.3) is 0 Å². The Morgan fingerprint density at radius 1 is 1.26 bits per heavy atom. The predicted molar refractivity (Wildman–Crippen MR) is 76.9 cm³/mol. The van der Waals surface area contributed by atoms with Gasteiger partial charge in [0.05, 0.1) is 12.7 Å². The summed E-state index contributed by atoms with van der Waals surface area (Å²) in [5.41, 5.74) is 7.15. The van der Waals surface area contributed by atoms with Crippen molar-refractivity contribution in [3.63, 3.8) is 0 Å². The number of rotatable bonds is 8. The molecule has 1 aromatic rings. The number of aliphatic hydroxyl groups is 1. The first-order chi connectivity index (χ1) is 9.25. The maximum absolute atomic E-state index is 9.97. The molecule has 1 aliphatic carbocycles. The van der Waals surface area contributed by atoms with Gasteiger partial charge >= 0.3 is 0 Å². The molecule has 0 aromatic heterocycles. The first-order valence-corrected chi connectivity index (χ1v) is 7.31. The van der Waals surface area contributed by atoms with Gasteiger partial charge in [0.1, 0.15) is 0 Å². The summed E-state index contributed by atoms with van der Waals surface area (Å²) in [5.74, 6) is 0.857. The summed E-state index contributed by atoms with van der Waals surface area (Å²) in [7, 11) is 0. The van der Waals surface area contributed by atoms with E-state index in [4.69, 9.17) is 10.5 Å². The Morgan fingerprint density at radius 2 is 2.00 bits per heavy atom. The standard InChI is InChI=1S/C16H25NO2/c17-15(11-14-5-2-1-3-6-14)16(18)12-19-10-9-13-7-4-8-13/h1-3,5-6,13,15-16,18H,4,7-12,17H2. The van der Waals surface area contributed by atoms with Gasteiger partial charge in [-0.2, -0.15) is 0 Å². The van der Waals surface area contributed by atoms with Gasteiger partial charge in [0.15, 0.2) is 0 Å². The zero-order chi connectivity index (χ0) is 13.5. The monoisotopic (exact) mass is 263 g/mol. The maximum atomic E-state index is 9.97. The number of hydrogen-bond acceptors (Lipinski definition) is 3. The average molecular weight is 263 g/mol. The molecule has 1 aliphatic rings. The van der Waals surface area contributed by atoms with Crippen LogP contribution >= 0.6 is 0 Å². The van der Waals surface area contributed by atoms with Crippen molar-refractivity contribution in [2.24, 2.45) is 11.7 Å². The molecule has 1 aromatic carbocycles. The van der Waals surface area contributed by atoms with E-state index in [1.165, 1.54) is 19.3 Å². The largest absolute Gasteiger partial charge is 0.389 e. The van der Waals surface area contributed by atoms with Crippen molar-refractivity contribution in [1.82, 2.24) is 0 Å². The minimum absolute atomic E-state index is 0.258. The van der Waals surface area contributed by atoms with Crippen LogP contribution in [0.1, 0.15) is 31.2 Å². The van der Waals surface area contributed by atoms with E-state index in [1.54, 1.807) is 0 Å². The van der Waals surface area contributed by atoms with Gasteiger partial charge in [0.2, 0.25) is 0 Å². The molecule has 1 saturated carbocycles. The Morgan fingerprint density at radius 3 is 2.63 bits per heavy atom. The van der Waals surface area contributed by atoms with E-state index in [1.807, 2.05) is 30.3 Å². The molecule has 0 spiro atoms. The number of hydrogen-bond donors (Lipinski definition) is 2. The van der Waals surface area contributed by atoms with Crippen LogP contribution in [0.15, 0.2) is 30.3 Å². The van der Waals surface area contributed by atoms with Crippen molar-refractivity contribution < 1.29 is 9.84 Å². The van der Waals surface area contributed by atoms with Crippen molar-refractivity contribution in [1.29, 1.82) is 0 Å². The summed E-state index contributed by atoms with van der Waals surface area (Å²) in [6.07, 6.45) is 5.30. The number of nitrogens with two attached hydrogens (primary N) is 1. The summed E-state index contributed by atoms with van der Waals surface area (Å²) in [6.45, 7) is 1.10. The molecule has 0 aliphatic heterocycles. The third kappa shape index (κ3) is 4.94. The third-order valence-corrected chi connectivity index (χ3v) is 3.99. The summed E-state index contributed by atoms with van der Waals surface area (Å²) >= 11 is 0. The Kier molecular flexibility index (Phi) is 5.83. The van der Waals surface area contributed by atoms with Crippen LogP contribution in [0, 0.1) is 5.92 Å². The SMILES string of the molecule is NC(Cc1ccccc1)C(O)COCCC1CCC1. The number of benzene rings is 1. The molecule has 0 radical (unpaired) electrons. The van der Waals surface area contributed by atoms with E-state index in [0.717, 1.165) is 24.5 Å². The molecule has 106 valence electrons. The van der Waals surface area contributed by atoms with Crippen molar-refractivity contribution in [3.8, 4) is 0 Å². The summed E-state index contributed by atoms with van der Waals surface area (Å²) in [5, 5.41) is 9.97. The smallest absolute Gasteiger partial charge is 0.0927 e. The van der Waals surface area contributed by atoms with Gasteiger partial charge in [0, 0.05) is 12.6 Å². The molecule has 0 amide bonds. The van der Waals surface area contributed by atoms with E-state index in [2.05, 4.69) is 0 Å². The molecular weight excluding hydrogens is 238 g/mol. The van der Waals surface area contributed by atoms with Gasteiger partial charge in [0.25, 0.3) is 0 Å². The summed E-state index contributed by atoms with van der Waals surface area (Å²) in [6, 6.07) is 9.77. The second-order valence-electron chi connectivity index (χ2n) is 5.58. The van der Waals surface area contributed by atoms with Gasteiger partial charge in [-0.3, -0.25) is 0 Å². The molecule has 19 heavy (non-hydrogen) atoms. The fourth-order valence-electron chi connectivity index (χ4n) is 2.38. The fourth-order valence-corrected chi connectivity index (χ4v) is 2.38. The van der Waals surface area contributed by atoms with Crippen molar-refractivity contribution in [2.75, 3.05) is 13.2 Å². The van der Waals surface area contributed by atoms with Crippen LogP contribution in [0.4, 0.5) is 0 Å². The van der Waals surface area contributed by atoms with Crippen LogP contribution in [-0.2, 0) is 11.2 Å². The molecule has 3 N–H and O–H groups in total.